The lowest BCUT2D eigenvalue weighted by atomic mass is 9.99. The lowest BCUT2D eigenvalue weighted by molar-refractivity contribution is -0.150. The summed E-state index contributed by atoms with van der Waals surface area (Å²) < 4.78 is 7.97. The van der Waals surface area contributed by atoms with Crippen LogP contribution in [-0.4, -0.2) is 46.2 Å². The Morgan fingerprint density at radius 1 is 1.16 bits per heavy atom. The van der Waals surface area contributed by atoms with Crippen LogP contribution in [-0.2, 0) is 9.53 Å². The number of cyclic esters (lactones) is 1. The van der Waals surface area contributed by atoms with E-state index in [9.17, 15) is 9.59 Å². The standard InChI is InChI=1S/C18H22BrN3O3/c1-11-8-16-15(10-14(11)19)20-18(24)22(16)12-2-5-21(6-3-12)13-4-7-25-17(23)9-13/h8,10,12-13H,2-7,9H2,1H3,(H,20,24). The predicted molar refractivity (Wildman–Crippen MR) is 98.8 cm³/mol. The number of benzene rings is 1. The number of nitrogens with one attached hydrogen (secondary N) is 1. The molecule has 0 aliphatic carbocycles. The molecule has 3 heterocycles. The molecule has 2 aliphatic rings. The van der Waals surface area contributed by atoms with Crippen molar-refractivity contribution in [2.75, 3.05) is 19.7 Å². The van der Waals surface area contributed by atoms with E-state index in [4.69, 9.17) is 4.74 Å². The molecule has 0 amide bonds. The average Bonchev–Trinajstić information content (AvgIpc) is 2.90. The van der Waals surface area contributed by atoms with Crippen molar-refractivity contribution in [2.24, 2.45) is 0 Å². The fraction of sp³-hybridized carbons (Fsp3) is 0.556. The summed E-state index contributed by atoms with van der Waals surface area (Å²) in [5, 5.41) is 0. The number of halogens is 1. The van der Waals surface area contributed by atoms with Crippen LogP contribution in [0.4, 0.5) is 0 Å². The first-order chi connectivity index (χ1) is 12.0. The highest BCUT2D eigenvalue weighted by molar-refractivity contribution is 9.10. The quantitative estimate of drug-likeness (QED) is 0.777. The lowest BCUT2D eigenvalue weighted by Crippen LogP contribution is -2.46. The molecule has 0 spiro atoms. The number of rotatable bonds is 2. The number of hydrogen-bond donors (Lipinski definition) is 1. The number of carbonyl (C=O) groups is 1. The van der Waals surface area contributed by atoms with Crippen molar-refractivity contribution in [1.82, 2.24) is 14.5 Å². The maximum Gasteiger partial charge on any atom is 0.326 e. The van der Waals surface area contributed by atoms with Crippen LogP contribution < -0.4 is 5.69 Å². The molecule has 0 saturated carbocycles. The van der Waals surface area contributed by atoms with Crippen molar-refractivity contribution in [3.63, 3.8) is 0 Å². The van der Waals surface area contributed by atoms with Crippen LogP contribution in [0.25, 0.3) is 11.0 Å². The maximum atomic E-state index is 12.5. The van der Waals surface area contributed by atoms with E-state index in [1.807, 2.05) is 17.6 Å². The molecule has 134 valence electrons. The first-order valence-electron chi connectivity index (χ1n) is 8.83. The van der Waals surface area contributed by atoms with Crippen molar-refractivity contribution < 1.29 is 9.53 Å². The van der Waals surface area contributed by atoms with E-state index in [0.29, 0.717) is 19.1 Å². The molecule has 2 aromatic rings. The van der Waals surface area contributed by atoms with Crippen LogP contribution in [0, 0.1) is 6.92 Å². The molecule has 2 saturated heterocycles. The molecule has 4 rings (SSSR count). The Hall–Kier alpha value is -1.60. The second-order valence-electron chi connectivity index (χ2n) is 7.05. The zero-order chi connectivity index (χ0) is 17.6. The molecule has 1 unspecified atom stereocenters. The maximum absolute atomic E-state index is 12.5. The van der Waals surface area contributed by atoms with Gasteiger partial charge < -0.3 is 9.72 Å². The summed E-state index contributed by atoms with van der Waals surface area (Å²) in [6.45, 7) is 4.39. The molecule has 25 heavy (non-hydrogen) atoms. The van der Waals surface area contributed by atoms with Crippen molar-refractivity contribution in [1.29, 1.82) is 0 Å². The van der Waals surface area contributed by atoms with Gasteiger partial charge in [-0.3, -0.25) is 14.3 Å². The van der Waals surface area contributed by atoms with E-state index in [-0.39, 0.29) is 17.7 Å². The van der Waals surface area contributed by atoms with Gasteiger partial charge >= 0.3 is 11.7 Å². The minimum absolute atomic E-state index is 0.0350. The third-order valence-electron chi connectivity index (χ3n) is 5.49. The number of imidazole rings is 1. The average molecular weight is 408 g/mol. The van der Waals surface area contributed by atoms with E-state index in [1.165, 1.54) is 0 Å². The van der Waals surface area contributed by atoms with E-state index in [2.05, 4.69) is 31.9 Å². The highest BCUT2D eigenvalue weighted by Gasteiger charge is 2.31. The van der Waals surface area contributed by atoms with E-state index < -0.39 is 0 Å². The number of piperidine rings is 1. The molecule has 7 heteroatoms. The Bertz CT molecular complexity index is 864. The van der Waals surface area contributed by atoms with Crippen LogP contribution in [0.15, 0.2) is 21.4 Å². The number of aromatic amines is 1. The van der Waals surface area contributed by atoms with Gasteiger partial charge in [-0.1, -0.05) is 15.9 Å². The molecule has 1 aromatic carbocycles. The monoisotopic (exact) mass is 407 g/mol. The summed E-state index contributed by atoms with van der Waals surface area (Å²) in [6.07, 6.45) is 3.25. The van der Waals surface area contributed by atoms with Crippen LogP contribution in [0.1, 0.15) is 37.3 Å². The number of hydrogen-bond acceptors (Lipinski definition) is 4. The van der Waals surface area contributed by atoms with Gasteiger partial charge in [-0.25, -0.2) is 4.79 Å². The molecular weight excluding hydrogens is 386 g/mol. The summed E-state index contributed by atoms with van der Waals surface area (Å²) in [7, 11) is 0. The number of H-pyrrole nitrogens is 1. The highest BCUT2D eigenvalue weighted by atomic mass is 79.9. The number of esters is 1. The summed E-state index contributed by atoms with van der Waals surface area (Å²) in [5.74, 6) is -0.0905. The molecule has 1 aromatic heterocycles. The van der Waals surface area contributed by atoms with Crippen LogP contribution >= 0.6 is 15.9 Å². The summed E-state index contributed by atoms with van der Waals surface area (Å²) in [4.78, 5) is 29.4. The second kappa shape index (κ2) is 6.61. The number of likely N-dealkylation sites (tertiary alicyclic amines) is 1. The number of fused-ring (bicyclic) bond motifs is 1. The Morgan fingerprint density at radius 3 is 2.64 bits per heavy atom. The van der Waals surface area contributed by atoms with Gasteiger partial charge in [-0.05, 0) is 43.9 Å². The lowest BCUT2D eigenvalue weighted by Gasteiger charge is -2.38. The van der Waals surface area contributed by atoms with Crippen LogP contribution in [0.5, 0.6) is 0 Å². The Kier molecular flexibility index (Phi) is 4.45. The summed E-state index contributed by atoms with van der Waals surface area (Å²) in [5.41, 5.74) is 2.94. The van der Waals surface area contributed by atoms with Gasteiger partial charge in [0, 0.05) is 29.6 Å². The van der Waals surface area contributed by atoms with Gasteiger partial charge in [-0.2, -0.15) is 0 Å². The first kappa shape index (κ1) is 16.8. The van der Waals surface area contributed by atoms with Gasteiger partial charge in [0.25, 0.3) is 0 Å². The van der Waals surface area contributed by atoms with Gasteiger partial charge in [0.2, 0.25) is 0 Å². The number of aryl methyl sites for hydroxylation is 1. The second-order valence-corrected chi connectivity index (χ2v) is 7.91. The largest absolute Gasteiger partial charge is 0.466 e. The Labute approximate surface area is 154 Å². The smallest absolute Gasteiger partial charge is 0.326 e. The Balaban J connectivity index is 1.54. The fourth-order valence-corrected chi connectivity index (χ4v) is 4.44. The predicted octanol–water partition coefficient (Wildman–Crippen LogP) is 2.74. The van der Waals surface area contributed by atoms with Crippen LogP contribution in [0.3, 0.4) is 0 Å². The topological polar surface area (TPSA) is 67.3 Å². The van der Waals surface area contributed by atoms with Crippen LogP contribution in [0.2, 0.25) is 0 Å². The third-order valence-corrected chi connectivity index (χ3v) is 6.35. The summed E-state index contributed by atoms with van der Waals surface area (Å²) in [6, 6.07) is 4.54. The van der Waals surface area contributed by atoms with Crippen molar-refractivity contribution >= 4 is 32.9 Å². The molecule has 6 nitrogen and oxygen atoms in total. The SMILES string of the molecule is Cc1cc2c(cc1Br)[nH]c(=O)n2C1CCN(C2CCOC(=O)C2)CC1. The minimum Gasteiger partial charge on any atom is -0.466 e. The first-order valence-corrected chi connectivity index (χ1v) is 9.62. The molecule has 0 radical (unpaired) electrons. The molecule has 1 N–H and O–H groups in total. The van der Waals surface area contributed by atoms with Crippen molar-refractivity contribution in [3.8, 4) is 0 Å². The van der Waals surface area contributed by atoms with Gasteiger partial charge in [0.15, 0.2) is 0 Å². The zero-order valence-corrected chi connectivity index (χ0v) is 15.8. The highest BCUT2D eigenvalue weighted by Crippen LogP contribution is 2.29. The van der Waals surface area contributed by atoms with E-state index in [0.717, 1.165) is 53.4 Å². The normalized spacial score (nSPS) is 23.1. The van der Waals surface area contributed by atoms with Crippen molar-refractivity contribution in [3.05, 3.63) is 32.7 Å². The molecule has 0 bridgehead atoms. The van der Waals surface area contributed by atoms with Crippen molar-refractivity contribution in [2.45, 2.75) is 44.7 Å². The number of carbonyl (C=O) groups excluding carboxylic acids is 1. The third kappa shape index (κ3) is 3.15. The fourth-order valence-electron chi connectivity index (χ4n) is 4.10. The number of aromatic nitrogens is 2. The Morgan fingerprint density at radius 2 is 1.92 bits per heavy atom. The zero-order valence-electron chi connectivity index (χ0n) is 14.3. The van der Waals surface area contributed by atoms with Gasteiger partial charge in [0.05, 0.1) is 24.1 Å². The molecule has 2 fully saturated rings. The van der Waals surface area contributed by atoms with Gasteiger partial charge in [-0.15, -0.1) is 0 Å². The molecular formula is C18H22BrN3O3. The van der Waals surface area contributed by atoms with E-state index in [1.54, 1.807) is 0 Å². The molecule has 2 aliphatic heterocycles. The number of nitrogens with zero attached hydrogens (tertiary/aromatic N) is 2. The van der Waals surface area contributed by atoms with E-state index >= 15 is 0 Å². The van der Waals surface area contributed by atoms with Gasteiger partial charge in [0.1, 0.15) is 0 Å². The minimum atomic E-state index is -0.0905. The molecule has 1 atom stereocenters. The summed E-state index contributed by atoms with van der Waals surface area (Å²) >= 11 is 3.53. The number of ether oxygens (including phenoxy) is 1.